The molecule has 0 unspecified atom stereocenters. The fraction of sp³-hybridized carbons (Fsp3) is 0.467. The average Bonchev–Trinajstić information content (AvgIpc) is 2.94. The van der Waals surface area contributed by atoms with Gasteiger partial charge in [-0.2, -0.15) is 4.98 Å². The maximum atomic E-state index is 9.18. The zero-order valence-corrected chi connectivity index (χ0v) is 12.0. The predicted molar refractivity (Wildman–Crippen MR) is 77.8 cm³/mol. The summed E-state index contributed by atoms with van der Waals surface area (Å²) in [5.41, 5.74) is 1.25. The number of aromatic nitrogens is 2. The highest BCUT2D eigenvalue weighted by Gasteiger charge is 2.15. The Morgan fingerprint density at radius 2 is 1.95 bits per heavy atom. The summed E-state index contributed by atoms with van der Waals surface area (Å²) in [7, 11) is 0. The van der Waals surface area contributed by atoms with Crippen LogP contribution in [-0.2, 0) is 6.42 Å². The van der Waals surface area contributed by atoms with E-state index in [4.69, 9.17) is 4.52 Å². The minimum absolute atomic E-state index is 0.0637. The molecular weight excluding hydrogens is 254 g/mol. The standard InChI is InChI=1S/C15H21N3O2/c1-12(2)14-16-15(20-17-14)18(10-11-19)9-8-13-6-4-3-5-7-13/h3-7,12,19H,8-11H2,1-2H3. The van der Waals surface area contributed by atoms with Crippen molar-refractivity contribution in [1.29, 1.82) is 0 Å². The zero-order valence-electron chi connectivity index (χ0n) is 12.0. The Morgan fingerprint density at radius 1 is 1.20 bits per heavy atom. The number of hydrogen-bond donors (Lipinski definition) is 1. The third-order valence-corrected chi connectivity index (χ3v) is 3.10. The van der Waals surface area contributed by atoms with Gasteiger partial charge in [0.25, 0.3) is 0 Å². The number of anilines is 1. The molecule has 0 radical (unpaired) electrons. The van der Waals surface area contributed by atoms with Crippen LogP contribution in [0.5, 0.6) is 0 Å². The van der Waals surface area contributed by atoms with E-state index >= 15 is 0 Å². The van der Waals surface area contributed by atoms with Gasteiger partial charge in [0, 0.05) is 19.0 Å². The quantitative estimate of drug-likeness (QED) is 0.839. The Balaban J connectivity index is 2.02. The third kappa shape index (κ3) is 3.81. The first kappa shape index (κ1) is 14.5. The molecule has 1 aromatic heterocycles. The average molecular weight is 275 g/mol. The highest BCUT2D eigenvalue weighted by molar-refractivity contribution is 5.26. The molecule has 20 heavy (non-hydrogen) atoms. The minimum Gasteiger partial charge on any atom is -0.395 e. The van der Waals surface area contributed by atoms with Crippen molar-refractivity contribution in [2.75, 3.05) is 24.6 Å². The van der Waals surface area contributed by atoms with Gasteiger partial charge in [-0.1, -0.05) is 49.3 Å². The molecule has 0 bridgehead atoms. The van der Waals surface area contributed by atoms with Gasteiger partial charge in [0.15, 0.2) is 5.82 Å². The van der Waals surface area contributed by atoms with Crippen molar-refractivity contribution < 1.29 is 9.63 Å². The van der Waals surface area contributed by atoms with Gasteiger partial charge in [0.2, 0.25) is 0 Å². The summed E-state index contributed by atoms with van der Waals surface area (Å²) in [6.07, 6.45) is 0.875. The number of aliphatic hydroxyl groups excluding tert-OH is 1. The minimum atomic E-state index is 0.0637. The maximum Gasteiger partial charge on any atom is 0.324 e. The summed E-state index contributed by atoms with van der Waals surface area (Å²) >= 11 is 0. The van der Waals surface area contributed by atoms with E-state index in [1.165, 1.54) is 5.56 Å². The molecule has 5 nitrogen and oxygen atoms in total. The number of benzene rings is 1. The topological polar surface area (TPSA) is 62.4 Å². The predicted octanol–water partition coefficient (Wildman–Crippen LogP) is 2.23. The van der Waals surface area contributed by atoms with Crippen LogP contribution in [0.4, 0.5) is 6.01 Å². The second-order valence-electron chi connectivity index (χ2n) is 5.04. The molecule has 2 aromatic rings. The van der Waals surface area contributed by atoms with Gasteiger partial charge >= 0.3 is 6.01 Å². The molecule has 0 saturated carbocycles. The molecule has 0 saturated heterocycles. The van der Waals surface area contributed by atoms with E-state index in [2.05, 4.69) is 22.3 Å². The Hall–Kier alpha value is -1.88. The van der Waals surface area contributed by atoms with Crippen molar-refractivity contribution in [3.63, 3.8) is 0 Å². The van der Waals surface area contributed by atoms with Crippen LogP contribution in [0.3, 0.4) is 0 Å². The molecule has 108 valence electrons. The van der Waals surface area contributed by atoms with Crippen LogP contribution in [0.15, 0.2) is 34.9 Å². The second-order valence-corrected chi connectivity index (χ2v) is 5.04. The van der Waals surface area contributed by atoms with Gasteiger partial charge < -0.3 is 14.5 Å². The van der Waals surface area contributed by atoms with E-state index in [0.717, 1.165) is 13.0 Å². The molecule has 2 rings (SSSR count). The van der Waals surface area contributed by atoms with Crippen LogP contribution in [0, 0.1) is 0 Å². The van der Waals surface area contributed by atoms with Gasteiger partial charge in [-0.05, 0) is 12.0 Å². The molecule has 0 fully saturated rings. The molecule has 0 atom stereocenters. The van der Waals surface area contributed by atoms with E-state index in [1.54, 1.807) is 0 Å². The smallest absolute Gasteiger partial charge is 0.324 e. The number of hydrogen-bond acceptors (Lipinski definition) is 5. The monoisotopic (exact) mass is 275 g/mol. The molecule has 0 aliphatic heterocycles. The van der Waals surface area contributed by atoms with Crippen molar-refractivity contribution in [3.8, 4) is 0 Å². The Bertz CT molecular complexity index is 511. The summed E-state index contributed by atoms with van der Waals surface area (Å²) in [5.74, 6) is 0.931. The van der Waals surface area contributed by atoms with E-state index in [-0.39, 0.29) is 12.5 Å². The van der Waals surface area contributed by atoms with Crippen molar-refractivity contribution in [2.24, 2.45) is 0 Å². The largest absolute Gasteiger partial charge is 0.395 e. The van der Waals surface area contributed by atoms with Crippen LogP contribution in [-0.4, -0.2) is 34.9 Å². The van der Waals surface area contributed by atoms with Crippen molar-refractivity contribution in [2.45, 2.75) is 26.2 Å². The number of nitrogens with zero attached hydrogens (tertiary/aromatic N) is 3. The lowest BCUT2D eigenvalue weighted by atomic mass is 10.1. The lowest BCUT2D eigenvalue weighted by Crippen LogP contribution is -2.29. The molecule has 0 spiro atoms. The Morgan fingerprint density at radius 3 is 2.55 bits per heavy atom. The van der Waals surface area contributed by atoms with Gasteiger partial charge in [-0.15, -0.1) is 0 Å². The first-order chi connectivity index (χ1) is 9.70. The fourth-order valence-electron chi connectivity index (χ4n) is 1.92. The van der Waals surface area contributed by atoms with Crippen LogP contribution >= 0.6 is 0 Å². The number of aliphatic hydroxyl groups is 1. The lowest BCUT2D eigenvalue weighted by Gasteiger charge is -2.18. The van der Waals surface area contributed by atoms with Crippen molar-refractivity contribution in [3.05, 3.63) is 41.7 Å². The Kier molecular flexibility index (Phi) is 5.12. The molecule has 1 aromatic carbocycles. The van der Waals surface area contributed by atoms with Crippen molar-refractivity contribution in [1.82, 2.24) is 10.1 Å². The normalized spacial score (nSPS) is 11.0. The van der Waals surface area contributed by atoms with E-state index in [9.17, 15) is 5.11 Å². The highest BCUT2D eigenvalue weighted by Crippen LogP contribution is 2.16. The summed E-state index contributed by atoms with van der Waals surface area (Å²) in [4.78, 5) is 6.30. The summed E-state index contributed by atoms with van der Waals surface area (Å²) in [6.45, 7) is 5.34. The maximum absolute atomic E-state index is 9.18. The molecular formula is C15H21N3O2. The summed E-state index contributed by atoms with van der Waals surface area (Å²) in [5, 5.41) is 13.1. The van der Waals surface area contributed by atoms with Crippen molar-refractivity contribution >= 4 is 6.01 Å². The number of rotatable bonds is 7. The molecule has 0 aliphatic carbocycles. The van der Waals surface area contributed by atoms with E-state index in [0.29, 0.717) is 18.4 Å². The molecule has 5 heteroatoms. The van der Waals surface area contributed by atoms with Crippen LogP contribution in [0.25, 0.3) is 0 Å². The van der Waals surface area contributed by atoms with E-state index in [1.807, 2.05) is 36.9 Å². The lowest BCUT2D eigenvalue weighted by molar-refractivity contribution is 0.296. The van der Waals surface area contributed by atoms with Gasteiger partial charge in [-0.25, -0.2) is 0 Å². The van der Waals surface area contributed by atoms with Crippen LogP contribution in [0.1, 0.15) is 31.2 Å². The van der Waals surface area contributed by atoms with E-state index < -0.39 is 0 Å². The van der Waals surface area contributed by atoms with Crippen LogP contribution < -0.4 is 4.90 Å². The van der Waals surface area contributed by atoms with Gasteiger partial charge in [0.1, 0.15) is 0 Å². The second kappa shape index (κ2) is 7.05. The highest BCUT2D eigenvalue weighted by atomic mass is 16.5. The first-order valence-corrected chi connectivity index (χ1v) is 6.94. The van der Waals surface area contributed by atoms with Gasteiger partial charge in [0.05, 0.1) is 6.61 Å². The SMILES string of the molecule is CC(C)c1noc(N(CCO)CCc2ccccc2)n1. The Labute approximate surface area is 119 Å². The fourth-order valence-corrected chi connectivity index (χ4v) is 1.92. The zero-order chi connectivity index (χ0) is 14.4. The molecule has 0 aliphatic rings. The summed E-state index contributed by atoms with van der Waals surface area (Å²) < 4.78 is 5.28. The molecule has 1 heterocycles. The third-order valence-electron chi connectivity index (χ3n) is 3.10. The molecule has 0 amide bonds. The van der Waals surface area contributed by atoms with Gasteiger partial charge in [-0.3, -0.25) is 0 Å². The molecule has 1 N–H and O–H groups in total. The summed E-state index contributed by atoms with van der Waals surface area (Å²) in [6, 6.07) is 10.7. The van der Waals surface area contributed by atoms with Crippen LogP contribution in [0.2, 0.25) is 0 Å². The first-order valence-electron chi connectivity index (χ1n) is 6.94.